The summed E-state index contributed by atoms with van der Waals surface area (Å²) in [5.41, 5.74) is 1.62. The minimum absolute atomic E-state index is 0.0111. The SMILES string of the molecule is CCCNc1nccc(N2CCC(Oc3ccc([C@H](C)CC(=O)OC)cc3)C2)c1F. The third kappa shape index (κ3) is 5.40. The van der Waals surface area contributed by atoms with Crippen molar-refractivity contribution < 1.29 is 18.7 Å². The van der Waals surface area contributed by atoms with Crippen molar-refractivity contribution in [2.75, 3.05) is 37.0 Å². The van der Waals surface area contributed by atoms with Gasteiger partial charge in [-0.25, -0.2) is 9.37 Å². The van der Waals surface area contributed by atoms with E-state index in [9.17, 15) is 9.18 Å². The largest absolute Gasteiger partial charge is 0.489 e. The molecule has 2 atom stereocenters. The molecule has 1 unspecified atom stereocenters. The summed E-state index contributed by atoms with van der Waals surface area (Å²) in [6.07, 6.45) is 3.70. The van der Waals surface area contributed by atoms with Crippen LogP contribution in [0.2, 0.25) is 0 Å². The summed E-state index contributed by atoms with van der Waals surface area (Å²) >= 11 is 0. The van der Waals surface area contributed by atoms with E-state index in [0.29, 0.717) is 31.0 Å². The predicted octanol–water partition coefficient (Wildman–Crippen LogP) is 4.37. The molecule has 162 valence electrons. The van der Waals surface area contributed by atoms with Crippen molar-refractivity contribution in [2.45, 2.75) is 45.1 Å². The Labute approximate surface area is 177 Å². The van der Waals surface area contributed by atoms with Gasteiger partial charge in [0.15, 0.2) is 11.6 Å². The molecule has 2 aromatic rings. The van der Waals surface area contributed by atoms with Crippen molar-refractivity contribution in [1.29, 1.82) is 0 Å². The van der Waals surface area contributed by atoms with Gasteiger partial charge in [-0.05, 0) is 36.1 Å². The highest BCUT2D eigenvalue weighted by atomic mass is 19.1. The van der Waals surface area contributed by atoms with Crippen LogP contribution in [0.5, 0.6) is 5.75 Å². The number of nitrogens with one attached hydrogen (secondary N) is 1. The van der Waals surface area contributed by atoms with Gasteiger partial charge in [-0.15, -0.1) is 0 Å². The van der Waals surface area contributed by atoms with Crippen LogP contribution < -0.4 is 15.0 Å². The second-order valence-corrected chi connectivity index (χ2v) is 7.64. The smallest absolute Gasteiger partial charge is 0.306 e. The zero-order chi connectivity index (χ0) is 21.5. The van der Waals surface area contributed by atoms with E-state index >= 15 is 0 Å². The predicted molar refractivity (Wildman–Crippen MR) is 116 cm³/mol. The number of carbonyl (C=O) groups excluding carboxylic acids is 1. The van der Waals surface area contributed by atoms with Gasteiger partial charge in [0.2, 0.25) is 0 Å². The molecule has 7 heteroatoms. The van der Waals surface area contributed by atoms with Gasteiger partial charge in [-0.2, -0.15) is 0 Å². The van der Waals surface area contributed by atoms with Gasteiger partial charge in [-0.1, -0.05) is 26.0 Å². The maximum absolute atomic E-state index is 14.8. The first-order chi connectivity index (χ1) is 14.5. The highest BCUT2D eigenvalue weighted by Crippen LogP contribution is 2.29. The Morgan fingerprint density at radius 1 is 1.33 bits per heavy atom. The lowest BCUT2D eigenvalue weighted by Gasteiger charge is -2.21. The van der Waals surface area contributed by atoms with Crippen LogP contribution in [0.1, 0.15) is 44.6 Å². The highest BCUT2D eigenvalue weighted by Gasteiger charge is 2.27. The summed E-state index contributed by atoms with van der Waals surface area (Å²) in [5.74, 6) is 0.631. The van der Waals surface area contributed by atoms with Gasteiger partial charge in [-0.3, -0.25) is 4.79 Å². The molecule has 0 bridgehead atoms. The van der Waals surface area contributed by atoms with Gasteiger partial charge in [0, 0.05) is 25.7 Å². The van der Waals surface area contributed by atoms with Crippen LogP contribution in [0.15, 0.2) is 36.5 Å². The van der Waals surface area contributed by atoms with Gasteiger partial charge in [0.1, 0.15) is 11.9 Å². The summed E-state index contributed by atoms with van der Waals surface area (Å²) in [7, 11) is 1.40. The Balaban J connectivity index is 1.58. The molecule has 1 saturated heterocycles. The van der Waals surface area contributed by atoms with E-state index in [-0.39, 0.29) is 23.8 Å². The van der Waals surface area contributed by atoms with Crippen LogP contribution in [0.25, 0.3) is 0 Å². The van der Waals surface area contributed by atoms with E-state index in [1.54, 1.807) is 12.3 Å². The molecular weight excluding hydrogens is 385 g/mol. The number of hydrogen-bond acceptors (Lipinski definition) is 6. The number of esters is 1. The molecule has 1 aliphatic heterocycles. The first-order valence-electron chi connectivity index (χ1n) is 10.5. The zero-order valence-corrected chi connectivity index (χ0v) is 17.9. The standard InChI is InChI=1S/C23H30FN3O3/c1-4-11-25-23-22(24)20(9-12-26-23)27-13-10-19(15-27)30-18-7-5-17(6-8-18)16(2)14-21(28)29-3/h5-9,12,16,19H,4,10-11,13-15H2,1-3H3,(H,25,26)/t16-,19?/m1/s1. The van der Waals surface area contributed by atoms with Gasteiger partial charge < -0.3 is 19.7 Å². The van der Waals surface area contributed by atoms with E-state index in [4.69, 9.17) is 9.47 Å². The number of carbonyl (C=O) groups is 1. The minimum Gasteiger partial charge on any atom is -0.489 e. The molecule has 1 aromatic heterocycles. The first kappa shape index (κ1) is 21.9. The molecule has 0 spiro atoms. The molecule has 2 heterocycles. The van der Waals surface area contributed by atoms with Crippen molar-refractivity contribution in [1.82, 2.24) is 4.98 Å². The number of aromatic nitrogens is 1. The molecule has 1 aromatic carbocycles. The Morgan fingerprint density at radius 2 is 2.10 bits per heavy atom. The number of rotatable bonds is 9. The van der Waals surface area contributed by atoms with Gasteiger partial charge >= 0.3 is 5.97 Å². The number of pyridine rings is 1. The molecule has 0 radical (unpaired) electrons. The van der Waals surface area contributed by atoms with E-state index in [0.717, 1.165) is 30.7 Å². The lowest BCUT2D eigenvalue weighted by Crippen LogP contribution is -2.25. The molecule has 0 aliphatic carbocycles. The van der Waals surface area contributed by atoms with E-state index in [2.05, 4.69) is 10.3 Å². The summed E-state index contributed by atoms with van der Waals surface area (Å²) in [4.78, 5) is 17.6. The maximum Gasteiger partial charge on any atom is 0.306 e. The fourth-order valence-corrected chi connectivity index (χ4v) is 3.61. The second-order valence-electron chi connectivity index (χ2n) is 7.64. The number of anilines is 2. The number of ether oxygens (including phenoxy) is 2. The number of methoxy groups -OCH3 is 1. The first-order valence-corrected chi connectivity index (χ1v) is 10.5. The van der Waals surface area contributed by atoms with Crippen molar-refractivity contribution in [2.24, 2.45) is 0 Å². The number of hydrogen-bond donors (Lipinski definition) is 1. The summed E-state index contributed by atoms with van der Waals surface area (Å²) in [5, 5.41) is 3.03. The van der Waals surface area contributed by atoms with Crippen LogP contribution in [-0.2, 0) is 9.53 Å². The summed E-state index contributed by atoms with van der Waals surface area (Å²) in [6, 6.07) is 9.51. The Kier molecular flexibility index (Phi) is 7.49. The topological polar surface area (TPSA) is 63.7 Å². The number of halogens is 1. The Bertz CT molecular complexity index is 844. The Morgan fingerprint density at radius 3 is 2.80 bits per heavy atom. The zero-order valence-electron chi connectivity index (χ0n) is 17.9. The number of nitrogens with zero attached hydrogens (tertiary/aromatic N) is 2. The molecule has 1 aliphatic rings. The lowest BCUT2D eigenvalue weighted by atomic mass is 9.98. The monoisotopic (exact) mass is 415 g/mol. The van der Waals surface area contributed by atoms with Crippen LogP contribution >= 0.6 is 0 Å². The van der Waals surface area contributed by atoms with Crippen LogP contribution in [-0.4, -0.2) is 43.8 Å². The van der Waals surface area contributed by atoms with Crippen LogP contribution in [0.3, 0.4) is 0 Å². The summed E-state index contributed by atoms with van der Waals surface area (Å²) in [6.45, 7) is 6.06. The van der Waals surface area contributed by atoms with E-state index in [1.165, 1.54) is 7.11 Å². The van der Waals surface area contributed by atoms with Crippen molar-refractivity contribution in [3.63, 3.8) is 0 Å². The average molecular weight is 416 g/mol. The quantitative estimate of drug-likeness (QED) is 0.614. The second kappa shape index (κ2) is 10.3. The van der Waals surface area contributed by atoms with Crippen LogP contribution in [0.4, 0.5) is 15.9 Å². The minimum atomic E-state index is -0.310. The van der Waals surface area contributed by atoms with Crippen molar-refractivity contribution in [3.05, 3.63) is 47.9 Å². The third-order valence-corrected chi connectivity index (χ3v) is 5.35. The molecule has 30 heavy (non-hydrogen) atoms. The van der Waals surface area contributed by atoms with Crippen molar-refractivity contribution in [3.8, 4) is 5.75 Å². The highest BCUT2D eigenvalue weighted by molar-refractivity contribution is 5.70. The fourth-order valence-electron chi connectivity index (χ4n) is 3.61. The molecule has 0 amide bonds. The van der Waals surface area contributed by atoms with Gasteiger partial charge in [0.25, 0.3) is 0 Å². The van der Waals surface area contributed by atoms with Crippen LogP contribution in [0, 0.1) is 5.82 Å². The lowest BCUT2D eigenvalue weighted by molar-refractivity contribution is -0.140. The molecular formula is C23H30FN3O3. The molecule has 6 nitrogen and oxygen atoms in total. The molecule has 3 rings (SSSR count). The normalized spacial score (nSPS) is 16.9. The molecule has 1 N–H and O–H groups in total. The Hall–Kier alpha value is -2.83. The van der Waals surface area contributed by atoms with E-state index < -0.39 is 0 Å². The van der Waals surface area contributed by atoms with Crippen molar-refractivity contribution >= 4 is 17.5 Å². The fraction of sp³-hybridized carbons (Fsp3) is 0.478. The maximum atomic E-state index is 14.8. The molecule has 0 saturated carbocycles. The molecule has 1 fully saturated rings. The summed E-state index contributed by atoms with van der Waals surface area (Å²) < 4.78 is 25.6. The third-order valence-electron chi connectivity index (χ3n) is 5.35. The van der Waals surface area contributed by atoms with Gasteiger partial charge in [0.05, 0.1) is 25.8 Å². The number of benzene rings is 1. The van der Waals surface area contributed by atoms with E-state index in [1.807, 2.05) is 43.0 Å². The average Bonchev–Trinajstić information content (AvgIpc) is 3.21.